The predicted octanol–water partition coefficient (Wildman–Crippen LogP) is 27.6. The quantitative estimate of drug-likeness (QED) is 0.101. The van der Waals surface area contributed by atoms with Gasteiger partial charge in [0.1, 0.15) is 11.5 Å². The van der Waals surface area contributed by atoms with Crippen LogP contribution in [0.25, 0.3) is 45.6 Å². The number of ether oxygens (including phenoxy) is 2. The van der Waals surface area contributed by atoms with E-state index in [1.54, 1.807) is 39.0 Å². The molecular formula is C94H122Cl2O2Si2Zr. The van der Waals surface area contributed by atoms with Crippen molar-refractivity contribution in [2.24, 2.45) is 40.9 Å². The molecule has 0 bridgehead atoms. The second-order valence-corrected chi connectivity index (χ2v) is 49.3. The number of benzene rings is 6. The van der Waals surface area contributed by atoms with Crippen LogP contribution in [0.1, 0.15) is 213 Å². The summed E-state index contributed by atoms with van der Waals surface area (Å²) in [5.41, 5.74) is 43.3. The topological polar surface area (TPSA) is 18.5 Å². The van der Waals surface area contributed by atoms with Gasteiger partial charge >= 0.3 is 37.9 Å². The molecule has 2 nitrogen and oxygen atoms in total. The number of rotatable bonds is 10. The first-order valence-corrected chi connectivity index (χ1v) is 50.3. The summed E-state index contributed by atoms with van der Waals surface area (Å²) in [6.07, 6.45) is 20.9. The molecule has 0 aliphatic heterocycles. The molecule has 0 heterocycles. The van der Waals surface area contributed by atoms with E-state index in [-0.39, 0.29) is 25.7 Å². The zero-order valence-corrected chi connectivity index (χ0v) is 72.9. The van der Waals surface area contributed by atoms with E-state index in [2.05, 4.69) is 260 Å². The van der Waals surface area contributed by atoms with Crippen LogP contribution in [0.2, 0.25) is 37.3 Å². The Morgan fingerprint density at radius 3 is 1.34 bits per heavy atom. The molecule has 0 radical (unpaired) electrons. The van der Waals surface area contributed by atoms with E-state index in [1.165, 1.54) is 168 Å². The number of fused-ring (bicyclic) bond motifs is 6. The van der Waals surface area contributed by atoms with Crippen molar-refractivity contribution in [3.05, 3.63) is 240 Å². The summed E-state index contributed by atoms with van der Waals surface area (Å²) >= 11 is -0.826. The molecule has 14 rings (SSSR count). The molecule has 3 saturated carbocycles. The number of methoxy groups -OCH3 is 2. The van der Waals surface area contributed by atoms with E-state index in [0.29, 0.717) is 40.7 Å². The van der Waals surface area contributed by atoms with Crippen molar-refractivity contribution in [3.63, 3.8) is 0 Å². The number of allylic oxidation sites excluding steroid dienone is 9. The molecule has 8 aliphatic carbocycles. The molecule has 10 unspecified atom stereocenters. The van der Waals surface area contributed by atoms with Crippen LogP contribution < -0.4 is 4.74 Å². The zero-order chi connectivity index (χ0) is 71.6. The van der Waals surface area contributed by atoms with E-state index in [9.17, 15) is 0 Å². The summed E-state index contributed by atoms with van der Waals surface area (Å²) in [6.45, 7) is 53.4. The Morgan fingerprint density at radius 2 is 0.881 bits per heavy atom. The van der Waals surface area contributed by atoms with Gasteiger partial charge in [-0.25, -0.2) is 0 Å². The predicted molar refractivity (Wildman–Crippen MR) is 443 cm³/mol. The van der Waals surface area contributed by atoms with Crippen LogP contribution in [0.15, 0.2) is 131 Å². The van der Waals surface area contributed by atoms with E-state index in [4.69, 9.17) is 26.5 Å². The first-order valence-electron chi connectivity index (χ1n) is 37.7. The van der Waals surface area contributed by atoms with Gasteiger partial charge < -0.3 is 24.3 Å². The third-order valence-electron chi connectivity index (χ3n) is 25.2. The average Bonchev–Trinajstić information content (AvgIpc) is 1.56. The first-order chi connectivity index (χ1) is 46.6. The second kappa shape index (κ2) is 29.9. The monoisotopic (exact) mass is 1500 g/mol. The van der Waals surface area contributed by atoms with Gasteiger partial charge in [-0.3, -0.25) is 0 Å². The maximum absolute atomic E-state index is 6.45. The fraction of sp³-hybridized carbons (Fsp3) is 0.468. The van der Waals surface area contributed by atoms with Gasteiger partial charge in [0.25, 0.3) is 0 Å². The molecule has 0 N–H and O–H groups in total. The van der Waals surface area contributed by atoms with Crippen LogP contribution in [0, 0.1) is 111 Å². The van der Waals surface area contributed by atoms with Crippen LogP contribution >= 0.6 is 17.0 Å². The number of hydrogen-bond donors (Lipinski definition) is 0. The van der Waals surface area contributed by atoms with Gasteiger partial charge in [-0.2, -0.15) is 0 Å². The third-order valence-corrected chi connectivity index (χ3v) is 35.1. The van der Waals surface area contributed by atoms with Crippen molar-refractivity contribution in [3.8, 4) is 28.0 Å². The van der Waals surface area contributed by atoms with Crippen LogP contribution in [-0.2, 0) is 43.8 Å². The molecule has 0 amide bonds. The molecule has 10 atom stereocenters. The third kappa shape index (κ3) is 14.5. The van der Waals surface area contributed by atoms with E-state index in [1.807, 2.05) is 14.2 Å². The molecule has 0 spiro atoms. The SMILES string of the molecule is COC1=C(c2cc(C)cc(C)c2)C2CC(C)C([Si](C)(C)C3C(C)CC4C(c5cc(C)cc(C)c5)=C5CCCC5=CC43)C2C=C1C(C)(C)C.COc1c(C(C)(C)C)cc2c(c1-c1cc(C)cc(C)c1)C=C(C)C2[Si](C)(C)C1C(C)=Cc2c1cc1c(c2-c2cc(C)cc(C)c2)CCC1.[CH3-].[CH3-].[Cl][Zr+2][Cl]. The van der Waals surface area contributed by atoms with Crippen LogP contribution in [0.4, 0.5) is 0 Å². The van der Waals surface area contributed by atoms with Crippen molar-refractivity contribution >= 4 is 56.5 Å². The molecule has 8 aliphatic rings. The Bertz CT molecular complexity index is 4330. The van der Waals surface area contributed by atoms with Crippen molar-refractivity contribution in [2.45, 2.75) is 230 Å². The van der Waals surface area contributed by atoms with Crippen molar-refractivity contribution in [1.29, 1.82) is 0 Å². The second-order valence-electron chi connectivity index (χ2n) is 35.8. The van der Waals surface area contributed by atoms with Crippen molar-refractivity contribution in [1.82, 2.24) is 0 Å². The molecule has 7 heteroatoms. The van der Waals surface area contributed by atoms with Crippen LogP contribution in [0.5, 0.6) is 5.75 Å². The van der Waals surface area contributed by atoms with Crippen LogP contribution in [-0.4, -0.2) is 30.4 Å². The van der Waals surface area contributed by atoms with Gasteiger partial charge in [0.15, 0.2) is 0 Å². The first kappa shape index (κ1) is 78.8. The van der Waals surface area contributed by atoms with Gasteiger partial charge in [0.2, 0.25) is 0 Å². The van der Waals surface area contributed by atoms with Crippen molar-refractivity contribution in [2.75, 3.05) is 14.2 Å². The molecule has 0 aromatic heterocycles. The normalized spacial score (nSPS) is 24.0. The van der Waals surface area contributed by atoms with Gasteiger partial charge in [-0.1, -0.05) is 246 Å². The molecule has 536 valence electrons. The summed E-state index contributed by atoms with van der Waals surface area (Å²) in [7, 11) is 9.75. The van der Waals surface area contributed by atoms with Gasteiger partial charge in [-0.05, 0) is 262 Å². The summed E-state index contributed by atoms with van der Waals surface area (Å²) in [4.78, 5) is 0. The Kier molecular flexibility index (Phi) is 23.3. The van der Waals surface area contributed by atoms with E-state index < -0.39 is 37.0 Å². The van der Waals surface area contributed by atoms with Gasteiger partial charge in [0, 0.05) is 27.8 Å². The fourth-order valence-electron chi connectivity index (χ4n) is 22.7. The molecule has 6 aromatic carbocycles. The maximum atomic E-state index is 6.45. The minimum absolute atomic E-state index is 0. The molecular weight excluding hydrogens is 1380 g/mol. The Labute approximate surface area is 634 Å². The standard InChI is InChI=1S/C46H62OSi.C46H54OSi.2CH3.2ClH.Zr/c2*1-26-16-27(2)19-33(18-26)41-35-15-13-14-32(35)24-38-36(41)22-30(5)44(38)48(11,12)45-31(6)23-37-39(45)25-40(46(7,8)9)43(47-10)42(37)34-20-28(3)17-29(4)21-34;;;;;/h16-21,24-25,30-31,36-39,44-45H,13-15,22-23H2,1-12H3;16-25,44-45H,13-15H2,1-12H3;2*1H3;2*1H;/q;;2*-1;;;+4/p-2. The van der Waals surface area contributed by atoms with E-state index in [0.717, 1.165) is 28.5 Å². The number of halogens is 2. The zero-order valence-electron chi connectivity index (χ0n) is 66.9. The Morgan fingerprint density at radius 1 is 0.465 bits per heavy atom. The molecule has 101 heavy (non-hydrogen) atoms. The summed E-state index contributed by atoms with van der Waals surface area (Å²) < 4.78 is 12.8. The average molecular weight is 1500 g/mol. The molecule has 0 saturated heterocycles. The molecule has 6 aromatic rings. The van der Waals surface area contributed by atoms with Crippen LogP contribution in [0.3, 0.4) is 0 Å². The summed E-state index contributed by atoms with van der Waals surface area (Å²) in [5, 5.41) is 0. The molecule has 3 fully saturated rings. The van der Waals surface area contributed by atoms with E-state index >= 15 is 0 Å². The Balaban J connectivity index is 0.000000206. The van der Waals surface area contributed by atoms with Gasteiger partial charge in [-0.15, -0.1) is 0 Å². The number of hydrogen-bond acceptors (Lipinski definition) is 2. The fourth-order valence-corrected chi connectivity index (χ4v) is 33.9. The van der Waals surface area contributed by atoms with Gasteiger partial charge in [0.05, 0.1) is 30.4 Å². The summed E-state index contributed by atoms with van der Waals surface area (Å²) in [6, 6.07) is 33.9. The van der Waals surface area contributed by atoms with Crippen molar-refractivity contribution < 1.29 is 30.3 Å². The Hall–Kier alpha value is -4.74. The minimum atomic E-state index is -2.08. The summed E-state index contributed by atoms with van der Waals surface area (Å²) in [5.74, 6) is 6.09. The number of aryl methyl sites for hydroxylation is 9.